The smallest absolute Gasteiger partial charge is 0.282 e. The third kappa shape index (κ3) is 3.35. The second-order valence-electron chi connectivity index (χ2n) is 6.69. The standard InChI is InChI=1S/C14H28N2O3S/c1-11-8-12(2)10-15(9-11)20(18,19)16-7-5-4-6-14(16)13(3)17/h11-14,17H,4-10H2,1-3H3. The molecule has 0 aromatic carbocycles. The van der Waals surface area contributed by atoms with Crippen molar-refractivity contribution in [2.75, 3.05) is 19.6 Å². The van der Waals surface area contributed by atoms with E-state index in [9.17, 15) is 13.5 Å². The van der Waals surface area contributed by atoms with Crippen LogP contribution in [0.3, 0.4) is 0 Å². The van der Waals surface area contributed by atoms with Crippen molar-refractivity contribution in [3.05, 3.63) is 0 Å². The van der Waals surface area contributed by atoms with Gasteiger partial charge in [-0.1, -0.05) is 20.3 Å². The van der Waals surface area contributed by atoms with E-state index in [0.717, 1.165) is 25.7 Å². The first-order valence-electron chi connectivity index (χ1n) is 7.77. The molecular weight excluding hydrogens is 276 g/mol. The van der Waals surface area contributed by atoms with Crippen LogP contribution >= 0.6 is 0 Å². The normalized spacial score (nSPS) is 35.9. The van der Waals surface area contributed by atoms with Crippen molar-refractivity contribution < 1.29 is 13.5 Å². The van der Waals surface area contributed by atoms with E-state index in [0.29, 0.717) is 31.5 Å². The highest BCUT2D eigenvalue weighted by molar-refractivity contribution is 7.86. The van der Waals surface area contributed by atoms with Crippen LogP contribution in [0.4, 0.5) is 0 Å². The molecule has 2 heterocycles. The van der Waals surface area contributed by atoms with Gasteiger partial charge in [-0.05, 0) is 38.0 Å². The molecule has 2 fully saturated rings. The van der Waals surface area contributed by atoms with Crippen LogP contribution in [-0.2, 0) is 10.2 Å². The van der Waals surface area contributed by atoms with Crippen molar-refractivity contribution in [2.24, 2.45) is 11.8 Å². The molecular formula is C14H28N2O3S. The van der Waals surface area contributed by atoms with Gasteiger partial charge in [-0.25, -0.2) is 0 Å². The van der Waals surface area contributed by atoms with Crippen molar-refractivity contribution in [3.63, 3.8) is 0 Å². The van der Waals surface area contributed by atoms with Crippen molar-refractivity contribution in [3.8, 4) is 0 Å². The summed E-state index contributed by atoms with van der Waals surface area (Å²) >= 11 is 0. The third-order valence-electron chi connectivity index (χ3n) is 4.51. The molecule has 0 saturated carbocycles. The molecule has 2 aliphatic heterocycles. The van der Waals surface area contributed by atoms with Crippen LogP contribution in [0.15, 0.2) is 0 Å². The van der Waals surface area contributed by atoms with Crippen LogP contribution < -0.4 is 0 Å². The van der Waals surface area contributed by atoms with Crippen molar-refractivity contribution >= 4 is 10.2 Å². The summed E-state index contributed by atoms with van der Waals surface area (Å²) in [6.45, 7) is 7.67. The molecule has 6 heteroatoms. The number of nitrogens with zero attached hydrogens (tertiary/aromatic N) is 2. The summed E-state index contributed by atoms with van der Waals surface area (Å²) in [4.78, 5) is 0. The first kappa shape index (κ1) is 16.2. The van der Waals surface area contributed by atoms with Crippen LogP contribution in [0.2, 0.25) is 0 Å². The predicted octanol–water partition coefficient (Wildman–Crippen LogP) is 1.44. The molecule has 118 valence electrons. The Balaban J connectivity index is 2.19. The molecule has 0 aromatic heterocycles. The van der Waals surface area contributed by atoms with E-state index in [2.05, 4.69) is 13.8 Å². The van der Waals surface area contributed by atoms with Gasteiger partial charge >= 0.3 is 0 Å². The quantitative estimate of drug-likeness (QED) is 0.858. The molecule has 2 rings (SSSR count). The fourth-order valence-electron chi connectivity index (χ4n) is 3.64. The van der Waals surface area contributed by atoms with E-state index in [4.69, 9.17) is 0 Å². The van der Waals surface area contributed by atoms with Crippen molar-refractivity contribution in [1.29, 1.82) is 0 Å². The Labute approximate surface area is 123 Å². The molecule has 5 nitrogen and oxygen atoms in total. The first-order chi connectivity index (χ1) is 9.32. The van der Waals surface area contributed by atoms with Crippen LogP contribution in [0.1, 0.15) is 46.5 Å². The fourth-order valence-corrected chi connectivity index (χ4v) is 5.81. The van der Waals surface area contributed by atoms with Gasteiger partial charge in [0.25, 0.3) is 10.2 Å². The lowest BCUT2D eigenvalue weighted by Gasteiger charge is -2.42. The topological polar surface area (TPSA) is 60.9 Å². The van der Waals surface area contributed by atoms with Gasteiger partial charge in [0, 0.05) is 19.6 Å². The lowest BCUT2D eigenvalue weighted by Crippen LogP contribution is -2.56. The molecule has 0 amide bonds. The van der Waals surface area contributed by atoms with Crippen molar-refractivity contribution in [1.82, 2.24) is 8.61 Å². The lowest BCUT2D eigenvalue weighted by molar-refractivity contribution is 0.0765. The highest BCUT2D eigenvalue weighted by atomic mass is 32.2. The van der Waals surface area contributed by atoms with Gasteiger partial charge in [0.15, 0.2) is 0 Å². The zero-order valence-corrected chi connectivity index (χ0v) is 13.6. The molecule has 4 unspecified atom stereocenters. The maximum atomic E-state index is 12.9. The fraction of sp³-hybridized carbons (Fsp3) is 1.00. The largest absolute Gasteiger partial charge is 0.392 e. The summed E-state index contributed by atoms with van der Waals surface area (Å²) in [5, 5.41) is 9.89. The van der Waals surface area contributed by atoms with E-state index < -0.39 is 16.3 Å². The highest BCUT2D eigenvalue weighted by Crippen LogP contribution is 2.29. The van der Waals surface area contributed by atoms with E-state index in [1.807, 2.05) is 0 Å². The summed E-state index contributed by atoms with van der Waals surface area (Å²) in [5.41, 5.74) is 0. The van der Waals surface area contributed by atoms with Gasteiger partial charge in [0.1, 0.15) is 0 Å². The second kappa shape index (κ2) is 6.30. The number of rotatable bonds is 3. The predicted molar refractivity (Wildman–Crippen MR) is 79.5 cm³/mol. The second-order valence-corrected chi connectivity index (χ2v) is 8.57. The summed E-state index contributed by atoms with van der Waals surface area (Å²) < 4.78 is 29.0. The van der Waals surface area contributed by atoms with Crippen LogP contribution in [-0.4, -0.2) is 53.9 Å². The molecule has 0 bridgehead atoms. The minimum absolute atomic E-state index is 0.263. The number of aliphatic hydroxyl groups is 1. The number of aliphatic hydroxyl groups excluding tert-OH is 1. The zero-order chi connectivity index (χ0) is 14.9. The average molecular weight is 304 g/mol. The third-order valence-corrected chi connectivity index (χ3v) is 6.51. The summed E-state index contributed by atoms with van der Waals surface area (Å²) in [6, 6.07) is -0.263. The maximum Gasteiger partial charge on any atom is 0.282 e. The summed E-state index contributed by atoms with van der Waals surface area (Å²) in [5.74, 6) is 0.812. The first-order valence-corrected chi connectivity index (χ1v) is 9.17. The molecule has 0 spiro atoms. The lowest BCUT2D eigenvalue weighted by atomic mass is 9.94. The van der Waals surface area contributed by atoms with Gasteiger partial charge in [0.05, 0.1) is 12.1 Å². The molecule has 1 N–H and O–H groups in total. The molecule has 0 radical (unpaired) electrons. The summed E-state index contributed by atoms with van der Waals surface area (Å²) in [6.07, 6.45) is 3.13. The Bertz CT molecular complexity index is 414. The molecule has 2 aliphatic rings. The number of piperidine rings is 2. The van der Waals surface area contributed by atoms with Gasteiger partial charge in [0.2, 0.25) is 0 Å². The zero-order valence-electron chi connectivity index (χ0n) is 12.8. The monoisotopic (exact) mass is 304 g/mol. The Morgan fingerprint density at radius 3 is 2.30 bits per heavy atom. The SMILES string of the molecule is CC1CC(C)CN(S(=O)(=O)N2CCCCC2C(C)O)C1. The van der Waals surface area contributed by atoms with E-state index in [1.54, 1.807) is 15.5 Å². The molecule has 2 saturated heterocycles. The number of hydrogen-bond donors (Lipinski definition) is 1. The Kier molecular flexibility index (Phi) is 5.10. The van der Waals surface area contributed by atoms with E-state index in [-0.39, 0.29) is 6.04 Å². The average Bonchev–Trinajstić information content (AvgIpc) is 2.37. The minimum Gasteiger partial charge on any atom is -0.392 e. The minimum atomic E-state index is -3.44. The Morgan fingerprint density at radius 2 is 1.75 bits per heavy atom. The highest BCUT2D eigenvalue weighted by Gasteiger charge is 2.40. The van der Waals surface area contributed by atoms with Gasteiger partial charge in [-0.2, -0.15) is 17.0 Å². The van der Waals surface area contributed by atoms with Gasteiger partial charge < -0.3 is 5.11 Å². The molecule has 20 heavy (non-hydrogen) atoms. The number of hydrogen-bond acceptors (Lipinski definition) is 3. The molecule has 4 atom stereocenters. The Morgan fingerprint density at radius 1 is 1.15 bits per heavy atom. The van der Waals surface area contributed by atoms with Crippen LogP contribution in [0.25, 0.3) is 0 Å². The van der Waals surface area contributed by atoms with E-state index >= 15 is 0 Å². The van der Waals surface area contributed by atoms with Gasteiger partial charge in [-0.15, -0.1) is 0 Å². The van der Waals surface area contributed by atoms with Crippen LogP contribution in [0.5, 0.6) is 0 Å². The maximum absolute atomic E-state index is 12.9. The molecule has 0 aliphatic carbocycles. The summed E-state index contributed by atoms with van der Waals surface area (Å²) in [7, 11) is -3.44. The van der Waals surface area contributed by atoms with E-state index in [1.165, 1.54) is 0 Å². The van der Waals surface area contributed by atoms with Crippen LogP contribution in [0, 0.1) is 11.8 Å². The Hall–Kier alpha value is -0.170. The molecule has 0 aromatic rings. The van der Waals surface area contributed by atoms with Gasteiger partial charge in [-0.3, -0.25) is 0 Å². The van der Waals surface area contributed by atoms with Crippen molar-refractivity contribution in [2.45, 2.75) is 58.6 Å².